The van der Waals surface area contributed by atoms with E-state index < -0.39 is 0 Å². The van der Waals surface area contributed by atoms with Crippen LogP contribution in [0.3, 0.4) is 0 Å². The molecule has 0 bridgehead atoms. The first-order valence-corrected chi connectivity index (χ1v) is 9.31. The smallest absolute Gasteiger partial charge is 0.163 e. The summed E-state index contributed by atoms with van der Waals surface area (Å²) in [6.45, 7) is 0.627. The van der Waals surface area contributed by atoms with Crippen LogP contribution in [0.25, 0.3) is 0 Å². The van der Waals surface area contributed by atoms with Crippen molar-refractivity contribution in [2.24, 2.45) is 0 Å². The third kappa shape index (κ3) is 5.42. The van der Waals surface area contributed by atoms with E-state index in [1.54, 1.807) is 26.4 Å². The highest BCUT2D eigenvalue weighted by atomic mass is 35.5. The van der Waals surface area contributed by atoms with Crippen LogP contribution in [0.5, 0.6) is 23.0 Å². The quantitative estimate of drug-likeness (QED) is 0.445. The minimum absolute atomic E-state index is 0.307. The third-order valence-electron chi connectivity index (χ3n) is 4.30. The summed E-state index contributed by atoms with van der Waals surface area (Å²) in [5.41, 5.74) is 2.25. The number of ether oxygens (including phenoxy) is 4. The van der Waals surface area contributed by atoms with E-state index in [-0.39, 0.29) is 0 Å². The van der Waals surface area contributed by atoms with E-state index in [9.17, 15) is 4.79 Å². The number of halogens is 1. The first kappa shape index (κ1) is 20.6. The summed E-state index contributed by atoms with van der Waals surface area (Å²) >= 11 is 6.18. The van der Waals surface area contributed by atoms with Gasteiger partial charge in [0.05, 0.1) is 19.2 Å². The van der Waals surface area contributed by atoms with E-state index >= 15 is 0 Å². The van der Waals surface area contributed by atoms with E-state index in [0.717, 1.165) is 22.6 Å². The van der Waals surface area contributed by atoms with Crippen LogP contribution in [0.4, 0.5) is 0 Å². The van der Waals surface area contributed by atoms with Crippen molar-refractivity contribution in [1.29, 1.82) is 0 Å². The molecule has 0 aliphatic carbocycles. The Morgan fingerprint density at radius 2 is 1.21 bits per heavy atom. The first-order valence-electron chi connectivity index (χ1n) is 8.93. The molecule has 0 unspecified atom stereocenters. The number of methoxy groups -OCH3 is 2. The van der Waals surface area contributed by atoms with E-state index in [4.69, 9.17) is 30.5 Å². The molecule has 29 heavy (non-hydrogen) atoms. The standard InChI is InChI=1S/C23H21ClO5/c1-26-19-7-3-16(4-8-19)14-28-22-11-18(13-25)21(24)12-23(22)29-15-17-5-9-20(27-2)10-6-17/h3-13H,14-15H2,1-2H3. The molecule has 0 aliphatic heterocycles. The molecule has 0 N–H and O–H groups in total. The number of carbonyl (C=O) groups is 1. The van der Waals surface area contributed by atoms with Crippen molar-refractivity contribution in [2.45, 2.75) is 13.2 Å². The van der Waals surface area contributed by atoms with Crippen molar-refractivity contribution in [3.63, 3.8) is 0 Å². The van der Waals surface area contributed by atoms with Gasteiger partial charge in [0, 0.05) is 11.6 Å². The highest BCUT2D eigenvalue weighted by Gasteiger charge is 2.12. The highest BCUT2D eigenvalue weighted by Crippen LogP contribution is 2.34. The van der Waals surface area contributed by atoms with Gasteiger partial charge in [0.25, 0.3) is 0 Å². The predicted molar refractivity (Wildman–Crippen MR) is 111 cm³/mol. The van der Waals surface area contributed by atoms with Crippen molar-refractivity contribution >= 4 is 17.9 Å². The van der Waals surface area contributed by atoms with Crippen LogP contribution >= 0.6 is 11.6 Å². The second-order valence-corrected chi connectivity index (χ2v) is 6.62. The summed E-state index contributed by atoms with van der Waals surface area (Å²) < 4.78 is 22.2. The van der Waals surface area contributed by atoms with Gasteiger partial charge in [-0.2, -0.15) is 0 Å². The van der Waals surface area contributed by atoms with Gasteiger partial charge in [0.15, 0.2) is 17.8 Å². The van der Waals surface area contributed by atoms with Crippen LogP contribution in [0.15, 0.2) is 60.7 Å². The Morgan fingerprint density at radius 3 is 1.62 bits per heavy atom. The normalized spacial score (nSPS) is 10.3. The van der Waals surface area contributed by atoms with Gasteiger partial charge in [-0.25, -0.2) is 0 Å². The fourth-order valence-corrected chi connectivity index (χ4v) is 2.83. The molecule has 150 valence electrons. The van der Waals surface area contributed by atoms with Crippen LogP contribution in [0.1, 0.15) is 21.5 Å². The Morgan fingerprint density at radius 1 is 0.759 bits per heavy atom. The molecule has 3 rings (SSSR count). The number of aldehydes is 1. The lowest BCUT2D eigenvalue weighted by Crippen LogP contribution is -2.02. The molecule has 0 radical (unpaired) electrons. The van der Waals surface area contributed by atoms with E-state index in [2.05, 4.69) is 0 Å². The Balaban J connectivity index is 1.75. The Hall–Kier alpha value is -3.18. The molecule has 0 aromatic heterocycles. The van der Waals surface area contributed by atoms with E-state index in [0.29, 0.717) is 41.6 Å². The second kappa shape index (κ2) is 9.85. The number of carbonyl (C=O) groups excluding carboxylic acids is 1. The van der Waals surface area contributed by atoms with Gasteiger partial charge in [-0.15, -0.1) is 0 Å². The topological polar surface area (TPSA) is 54.0 Å². The molecule has 0 spiro atoms. The monoisotopic (exact) mass is 412 g/mol. The maximum Gasteiger partial charge on any atom is 0.163 e. The number of hydrogen-bond donors (Lipinski definition) is 0. The van der Waals surface area contributed by atoms with Gasteiger partial charge in [-0.1, -0.05) is 35.9 Å². The van der Waals surface area contributed by atoms with Gasteiger partial charge >= 0.3 is 0 Å². The van der Waals surface area contributed by atoms with Crippen molar-refractivity contribution in [2.75, 3.05) is 14.2 Å². The Kier molecular flexibility index (Phi) is 6.98. The maximum atomic E-state index is 11.3. The molecule has 3 aromatic rings. The largest absolute Gasteiger partial charge is 0.497 e. The van der Waals surface area contributed by atoms with E-state index in [1.807, 2.05) is 48.5 Å². The summed E-state index contributed by atoms with van der Waals surface area (Å²) in [5.74, 6) is 2.45. The fourth-order valence-electron chi connectivity index (χ4n) is 2.63. The lowest BCUT2D eigenvalue weighted by Gasteiger charge is -2.15. The number of rotatable bonds is 9. The number of benzene rings is 3. The Bertz CT molecular complexity index is 952. The van der Waals surface area contributed by atoms with Crippen molar-refractivity contribution < 1.29 is 23.7 Å². The summed E-state index contributed by atoms with van der Waals surface area (Å²) in [6.07, 6.45) is 0.690. The van der Waals surface area contributed by atoms with Gasteiger partial charge in [0.2, 0.25) is 0 Å². The van der Waals surface area contributed by atoms with E-state index in [1.165, 1.54) is 0 Å². The minimum atomic E-state index is 0.307. The van der Waals surface area contributed by atoms with Crippen molar-refractivity contribution in [3.8, 4) is 23.0 Å². The van der Waals surface area contributed by atoms with Gasteiger partial charge < -0.3 is 18.9 Å². The summed E-state index contributed by atoms with van der Waals surface area (Å²) in [4.78, 5) is 11.3. The molecule has 0 saturated carbocycles. The molecule has 3 aromatic carbocycles. The zero-order valence-corrected chi connectivity index (χ0v) is 16.9. The second-order valence-electron chi connectivity index (χ2n) is 6.21. The SMILES string of the molecule is COc1ccc(COc2cc(Cl)c(C=O)cc2OCc2ccc(OC)cc2)cc1. The lowest BCUT2D eigenvalue weighted by atomic mass is 10.2. The Labute approximate surface area is 174 Å². The maximum absolute atomic E-state index is 11.3. The molecule has 6 heteroatoms. The molecular formula is C23H21ClO5. The fraction of sp³-hybridized carbons (Fsp3) is 0.174. The molecule has 0 atom stereocenters. The van der Waals surface area contributed by atoms with Crippen LogP contribution in [-0.4, -0.2) is 20.5 Å². The van der Waals surface area contributed by atoms with Crippen LogP contribution in [0.2, 0.25) is 5.02 Å². The zero-order chi connectivity index (χ0) is 20.6. The zero-order valence-electron chi connectivity index (χ0n) is 16.2. The predicted octanol–water partition coefficient (Wildman–Crippen LogP) is 5.33. The molecular weight excluding hydrogens is 392 g/mol. The van der Waals surface area contributed by atoms with Crippen LogP contribution < -0.4 is 18.9 Å². The average molecular weight is 413 g/mol. The third-order valence-corrected chi connectivity index (χ3v) is 4.62. The highest BCUT2D eigenvalue weighted by molar-refractivity contribution is 6.33. The van der Waals surface area contributed by atoms with Gasteiger partial charge in [-0.3, -0.25) is 4.79 Å². The molecule has 5 nitrogen and oxygen atoms in total. The van der Waals surface area contributed by atoms with Gasteiger partial charge in [-0.05, 0) is 41.5 Å². The van der Waals surface area contributed by atoms with Gasteiger partial charge in [0.1, 0.15) is 24.7 Å². The molecule has 0 fully saturated rings. The molecule has 0 amide bonds. The van der Waals surface area contributed by atoms with Crippen LogP contribution in [0, 0.1) is 0 Å². The minimum Gasteiger partial charge on any atom is -0.497 e. The van der Waals surface area contributed by atoms with Crippen molar-refractivity contribution in [3.05, 3.63) is 82.4 Å². The summed E-state index contributed by atoms with van der Waals surface area (Å²) in [6, 6.07) is 18.3. The lowest BCUT2D eigenvalue weighted by molar-refractivity contribution is 0.112. The molecule has 0 saturated heterocycles. The van der Waals surface area contributed by atoms with Crippen molar-refractivity contribution in [1.82, 2.24) is 0 Å². The average Bonchev–Trinajstić information content (AvgIpc) is 2.77. The number of hydrogen-bond acceptors (Lipinski definition) is 5. The van der Waals surface area contributed by atoms with Crippen LogP contribution in [-0.2, 0) is 13.2 Å². The molecule has 0 aliphatic rings. The first-order chi connectivity index (χ1) is 14.1. The summed E-state index contributed by atoms with van der Waals surface area (Å²) in [5, 5.41) is 0.307. The summed E-state index contributed by atoms with van der Waals surface area (Å²) in [7, 11) is 3.24. The molecule has 0 heterocycles.